The summed E-state index contributed by atoms with van der Waals surface area (Å²) in [6, 6.07) is 9.00. The van der Waals surface area contributed by atoms with E-state index in [0.717, 1.165) is 11.3 Å². The molecule has 1 aromatic carbocycles. The molecular weight excluding hydrogens is 334 g/mol. The minimum atomic E-state index is -0.407. The normalized spacial score (nSPS) is 16.0. The number of likely N-dealkylation sites (tertiary alicyclic amines) is 1. The number of nitriles is 1. The lowest BCUT2D eigenvalue weighted by Crippen LogP contribution is -2.45. The van der Waals surface area contributed by atoms with Crippen LogP contribution >= 0.6 is 0 Å². The zero-order valence-corrected chi connectivity index (χ0v) is 14.8. The predicted molar refractivity (Wildman–Crippen MR) is 93.1 cm³/mol. The topological polar surface area (TPSA) is 104 Å². The molecule has 1 aromatic heterocycles. The van der Waals surface area contributed by atoms with Gasteiger partial charge in [0, 0.05) is 24.6 Å². The van der Waals surface area contributed by atoms with Crippen LogP contribution in [0.25, 0.3) is 11.4 Å². The van der Waals surface area contributed by atoms with Crippen molar-refractivity contribution in [3.63, 3.8) is 0 Å². The Kier molecular flexibility index (Phi) is 5.37. The third-order valence-electron chi connectivity index (χ3n) is 4.47. The highest BCUT2D eigenvalue weighted by molar-refractivity contribution is 5.74. The van der Waals surface area contributed by atoms with Crippen LogP contribution in [0.2, 0.25) is 0 Å². The number of rotatable bonds is 4. The molecule has 0 radical (unpaired) electrons. The summed E-state index contributed by atoms with van der Waals surface area (Å²) in [4.78, 5) is 18.4. The first kappa shape index (κ1) is 17.7. The zero-order valence-electron chi connectivity index (χ0n) is 14.8. The average Bonchev–Trinajstić information content (AvgIpc) is 3.18. The van der Waals surface area contributed by atoms with Gasteiger partial charge < -0.3 is 19.5 Å². The molecule has 0 aliphatic carbocycles. The molecule has 2 amide bonds. The van der Waals surface area contributed by atoms with E-state index in [1.807, 2.05) is 24.3 Å². The number of piperidine rings is 1. The Labute approximate surface area is 151 Å². The number of ether oxygens (including phenoxy) is 1. The monoisotopic (exact) mass is 355 g/mol. The van der Waals surface area contributed by atoms with Crippen molar-refractivity contribution < 1.29 is 14.1 Å². The van der Waals surface area contributed by atoms with Crippen molar-refractivity contribution >= 4 is 6.03 Å². The highest BCUT2D eigenvalue weighted by Crippen LogP contribution is 2.22. The summed E-state index contributed by atoms with van der Waals surface area (Å²) in [5.41, 5.74) is 0.804. The molecule has 0 unspecified atom stereocenters. The number of aromatic nitrogens is 2. The van der Waals surface area contributed by atoms with Crippen LogP contribution in [-0.4, -0.2) is 41.3 Å². The Balaban J connectivity index is 1.60. The Morgan fingerprint density at radius 2 is 2.08 bits per heavy atom. The Hall–Kier alpha value is -3.08. The number of carbonyl (C=O) groups excluding carboxylic acids is 1. The number of carbonyl (C=O) groups is 1. The number of benzene rings is 1. The molecule has 8 heteroatoms. The predicted octanol–water partition coefficient (Wildman–Crippen LogP) is 2.75. The number of urea groups is 1. The van der Waals surface area contributed by atoms with Gasteiger partial charge in [0.25, 0.3) is 0 Å². The molecule has 1 saturated heterocycles. The second kappa shape index (κ2) is 7.87. The number of hydrogen-bond acceptors (Lipinski definition) is 6. The van der Waals surface area contributed by atoms with Gasteiger partial charge in [-0.15, -0.1) is 0 Å². The van der Waals surface area contributed by atoms with Crippen LogP contribution in [0.5, 0.6) is 5.75 Å². The van der Waals surface area contributed by atoms with Crippen molar-refractivity contribution in [1.29, 1.82) is 5.26 Å². The van der Waals surface area contributed by atoms with Crippen molar-refractivity contribution in [3.05, 3.63) is 30.2 Å². The summed E-state index contributed by atoms with van der Waals surface area (Å²) >= 11 is 0. The van der Waals surface area contributed by atoms with Gasteiger partial charge in [-0.3, -0.25) is 0 Å². The van der Waals surface area contributed by atoms with E-state index in [1.54, 1.807) is 18.9 Å². The molecule has 1 atom stereocenters. The van der Waals surface area contributed by atoms with Gasteiger partial charge in [0.15, 0.2) is 0 Å². The summed E-state index contributed by atoms with van der Waals surface area (Å²) in [6.45, 7) is 2.96. The summed E-state index contributed by atoms with van der Waals surface area (Å²) in [5.74, 6) is 1.59. The molecule has 2 heterocycles. The molecular formula is C18H21N5O3. The largest absolute Gasteiger partial charge is 0.497 e. The van der Waals surface area contributed by atoms with Crippen LogP contribution in [0, 0.1) is 17.2 Å². The Morgan fingerprint density at radius 3 is 2.69 bits per heavy atom. The number of nitrogens with zero attached hydrogens (tertiary/aromatic N) is 4. The van der Waals surface area contributed by atoms with Gasteiger partial charge in [-0.25, -0.2) is 4.79 Å². The molecule has 0 spiro atoms. The van der Waals surface area contributed by atoms with Gasteiger partial charge in [-0.2, -0.15) is 10.2 Å². The number of methoxy groups -OCH3 is 1. The minimum Gasteiger partial charge on any atom is -0.497 e. The quantitative estimate of drug-likeness (QED) is 0.904. The van der Waals surface area contributed by atoms with Gasteiger partial charge in [0.05, 0.1) is 13.2 Å². The van der Waals surface area contributed by atoms with E-state index in [-0.39, 0.29) is 11.9 Å². The third-order valence-corrected chi connectivity index (χ3v) is 4.47. The minimum absolute atomic E-state index is 0.0412. The van der Waals surface area contributed by atoms with Crippen molar-refractivity contribution in [2.45, 2.75) is 25.8 Å². The van der Waals surface area contributed by atoms with Crippen LogP contribution in [0.3, 0.4) is 0 Å². The van der Waals surface area contributed by atoms with Crippen LogP contribution in [0.1, 0.15) is 31.7 Å². The molecule has 1 aliphatic heterocycles. The average molecular weight is 355 g/mol. The van der Waals surface area contributed by atoms with Crippen molar-refractivity contribution in [2.75, 3.05) is 20.2 Å². The van der Waals surface area contributed by atoms with E-state index in [2.05, 4.69) is 21.5 Å². The van der Waals surface area contributed by atoms with Crippen molar-refractivity contribution in [3.8, 4) is 23.2 Å². The smallest absolute Gasteiger partial charge is 0.318 e. The molecule has 1 aliphatic rings. The molecule has 1 N–H and O–H groups in total. The second-order valence-corrected chi connectivity index (χ2v) is 6.25. The summed E-state index contributed by atoms with van der Waals surface area (Å²) in [7, 11) is 1.61. The first-order valence-electron chi connectivity index (χ1n) is 8.53. The van der Waals surface area contributed by atoms with Crippen LogP contribution in [0.4, 0.5) is 4.79 Å². The van der Waals surface area contributed by atoms with E-state index in [0.29, 0.717) is 37.6 Å². The lowest BCUT2D eigenvalue weighted by atomic mass is 9.99. The van der Waals surface area contributed by atoms with E-state index in [4.69, 9.17) is 14.5 Å². The summed E-state index contributed by atoms with van der Waals surface area (Å²) in [5, 5.41) is 15.8. The van der Waals surface area contributed by atoms with Gasteiger partial charge >= 0.3 is 6.03 Å². The summed E-state index contributed by atoms with van der Waals surface area (Å²) in [6.07, 6.45) is 1.42. The molecule has 3 rings (SSSR count). The maximum atomic E-state index is 12.4. The Morgan fingerprint density at radius 1 is 1.38 bits per heavy atom. The van der Waals surface area contributed by atoms with E-state index in [1.165, 1.54) is 0 Å². The van der Waals surface area contributed by atoms with Gasteiger partial charge in [-0.1, -0.05) is 5.16 Å². The van der Waals surface area contributed by atoms with E-state index < -0.39 is 6.04 Å². The fourth-order valence-electron chi connectivity index (χ4n) is 2.82. The number of hydrogen-bond donors (Lipinski definition) is 1. The van der Waals surface area contributed by atoms with Crippen LogP contribution in [-0.2, 0) is 0 Å². The fourth-order valence-corrected chi connectivity index (χ4v) is 2.82. The molecule has 8 nitrogen and oxygen atoms in total. The number of nitrogens with one attached hydrogen (secondary N) is 1. The van der Waals surface area contributed by atoms with E-state index >= 15 is 0 Å². The first-order valence-corrected chi connectivity index (χ1v) is 8.53. The van der Waals surface area contributed by atoms with Gasteiger partial charge in [0.1, 0.15) is 11.8 Å². The van der Waals surface area contributed by atoms with Crippen molar-refractivity contribution in [2.24, 2.45) is 5.92 Å². The van der Waals surface area contributed by atoms with Crippen molar-refractivity contribution in [1.82, 2.24) is 20.4 Å². The highest BCUT2D eigenvalue weighted by atomic mass is 16.5. The lowest BCUT2D eigenvalue weighted by molar-refractivity contribution is 0.173. The number of amides is 2. The zero-order chi connectivity index (χ0) is 18.5. The maximum Gasteiger partial charge on any atom is 0.318 e. The standard InChI is InChI=1S/C18H21N5O3/c1-12(20-18(24)23-9-7-13(11-19)8-10-23)17-21-16(22-26-17)14-3-5-15(25-2)6-4-14/h3-6,12-13H,7-10H2,1-2H3,(H,20,24)/t12-/m1/s1. The highest BCUT2D eigenvalue weighted by Gasteiger charge is 2.25. The Bertz CT molecular complexity index is 788. The maximum absolute atomic E-state index is 12.4. The third kappa shape index (κ3) is 3.94. The summed E-state index contributed by atoms with van der Waals surface area (Å²) < 4.78 is 10.4. The lowest BCUT2D eigenvalue weighted by Gasteiger charge is -2.29. The SMILES string of the molecule is COc1ccc(-c2noc([C@@H](C)NC(=O)N3CCC(C#N)CC3)n2)cc1. The van der Waals surface area contributed by atoms with E-state index in [9.17, 15) is 4.79 Å². The van der Waals surface area contributed by atoms with Gasteiger partial charge in [-0.05, 0) is 44.0 Å². The molecule has 26 heavy (non-hydrogen) atoms. The molecule has 0 saturated carbocycles. The first-order chi connectivity index (χ1) is 12.6. The molecule has 1 fully saturated rings. The molecule has 0 bridgehead atoms. The van der Waals surface area contributed by atoms with Crippen LogP contribution in [0.15, 0.2) is 28.8 Å². The van der Waals surface area contributed by atoms with Gasteiger partial charge in [0.2, 0.25) is 11.7 Å². The van der Waals surface area contributed by atoms with Crippen LogP contribution < -0.4 is 10.1 Å². The molecule has 136 valence electrons. The second-order valence-electron chi connectivity index (χ2n) is 6.25. The molecule has 2 aromatic rings. The fraction of sp³-hybridized carbons (Fsp3) is 0.444.